The van der Waals surface area contributed by atoms with E-state index in [1.165, 1.54) is 16.7 Å². The first-order chi connectivity index (χ1) is 9.58. The molecule has 0 spiro atoms. The van der Waals surface area contributed by atoms with Gasteiger partial charge in [0.05, 0.1) is 0 Å². The summed E-state index contributed by atoms with van der Waals surface area (Å²) in [7, 11) is 0. The van der Waals surface area contributed by atoms with Gasteiger partial charge in [0.15, 0.2) is 0 Å². The lowest BCUT2D eigenvalue weighted by Crippen LogP contribution is -2.16. The van der Waals surface area contributed by atoms with Gasteiger partial charge < -0.3 is 11.1 Å². The molecule has 0 saturated heterocycles. The van der Waals surface area contributed by atoms with Crippen LogP contribution in [0.25, 0.3) is 0 Å². The van der Waals surface area contributed by atoms with Crippen molar-refractivity contribution in [1.29, 1.82) is 0 Å². The first kappa shape index (κ1) is 14.3. The van der Waals surface area contributed by atoms with Crippen molar-refractivity contribution in [3.05, 3.63) is 70.3 Å². The summed E-state index contributed by atoms with van der Waals surface area (Å²) in [6, 6.07) is 13.7. The van der Waals surface area contributed by atoms with Crippen LogP contribution in [0.1, 0.15) is 32.6 Å². The zero-order chi connectivity index (χ0) is 14.5. The zero-order valence-corrected chi connectivity index (χ0v) is 11.9. The minimum Gasteiger partial charge on any atom is -0.366 e. The van der Waals surface area contributed by atoms with Gasteiger partial charge in [-0.1, -0.05) is 30.3 Å². The monoisotopic (exact) mass is 268 g/mol. The molecule has 0 aliphatic rings. The van der Waals surface area contributed by atoms with Crippen molar-refractivity contribution in [3.63, 3.8) is 0 Å². The summed E-state index contributed by atoms with van der Waals surface area (Å²) < 4.78 is 0. The molecule has 1 amide bonds. The van der Waals surface area contributed by atoms with Gasteiger partial charge in [-0.3, -0.25) is 4.79 Å². The van der Waals surface area contributed by atoms with Crippen LogP contribution in [0.4, 0.5) is 0 Å². The number of nitrogens with two attached hydrogens (primary N) is 1. The summed E-state index contributed by atoms with van der Waals surface area (Å²) in [4.78, 5) is 11.1. The highest BCUT2D eigenvalue weighted by molar-refractivity contribution is 5.92. The highest BCUT2D eigenvalue weighted by atomic mass is 16.1. The number of rotatable bonds is 5. The van der Waals surface area contributed by atoms with E-state index in [1.807, 2.05) is 18.2 Å². The van der Waals surface area contributed by atoms with E-state index in [4.69, 9.17) is 5.73 Å². The molecule has 2 aromatic carbocycles. The van der Waals surface area contributed by atoms with E-state index in [1.54, 1.807) is 6.07 Å². The Morgan fingerprint density at radius 2 is 1.70 bits per heavy atom. The molecule has 0 bridgehead atoms. The minimum absolute atomic E-state index is 0.387. The lowest BCUT2D eigenvalue weighted by Gasteiger charge is -2.11. The number of primary amides is 1. The van der Waals surface area contributed by atoms with Crippen LogP contribution in [-0.2, 0) is 13.1 Å². The van der Waals surface area contributed by atoms with E-state index < -0.39 is 0 Å². The van der Waals surface area contributed by atoms with E-state index in [0.717, 1.165) is 18.7 Å². The van der Waals surface area contributed by atoms with Gasteiger partial charge in [-0.2, -0.15) is 0 Å². The molecule has 0 aliphatic heterocycles. The summed E-state index contributed by atoms with van der Waals surface area (Å²) in [5, 5.41) is 3.41. The molecule has 104 valence electrons. The molecule has 2 rings (SSSR count). The second-order valence-electron chi connectivity index (χ2n) is 5.04. The van der Waals surface area contributed by atoms with Gasteiger partial charge in [-0.05, 0) is 48.2 Å². The summed E-state index contributed by atoms with van der Waals surface area (Å²) >= 11 is 0. The minimum atomic E-state index is -0.387. The maximum absolute atomic E-state index is 11.1. The Hall–Kier alpha value is -2.13. The predicted octanol–water partition coefficient (Wildman–Crippen LogP) is 2.69. The number of carbonyl (C=O) groups is 1. The lowest BCUT2D eigenvalue weighted by atomic mass is 10.0. The van der Waals surface area contributed by atoms with Crippen molar-refractivity contribution in [3.8, 4) is 0 Å². The lowest BCUT2D eigenvalue weighted by molar-refractivity contribution is 0.1000. The Kier molecular flexibility index (Phi) is 4.53. The average molecular weight is 268 g/mol. The maximum atomic E-state index is 11.1. The molecule has 0 unspecified atom stereocenters. The molecule has 3 nitrogen and oxygen atoms in total. The number of aryl methyl sites for hydroxylation is 2. The van der Waals surface area contributed by atoms with Gasteiger partial charge in [0, 0.05) is 18.7 Å². The highest BCUT2D eigenvalue weighted by Gasteiger charge is 2.03. The van der Waals surface area contributed by atoms with Crippen LogP contribution in [0.2, 0.25) is 0 Å². The van der Waals surface area contributed by atoms with Crippen molar-refractivity contribution < 1.29 is 4.79 Å². The molecule has 0 heterocycles. The maximum Gasteiger partial charge on any atom is 0.248 e. The first-order valence-corrected chi connectivity index (χ1v) is 6.72. The third kappa shape index (κ3) is 3.45. The molecule has 20 heavy (non-hydrogen) atoms. The van der Waals surface area contributed by atoms with Gasteiger partial charge >= 0.3 is 0 Å². The fourth-order valence-electron chi connectivity index (χ4n) is 2.29. The molecular weight excluding hydrogens is 248 g/mol. The first-order valence-electron chi connectivity index (χ1n) is 6.72. The number of hydrogen-bond acceptors (Lipinski definition) is 2. The summed E-state index contributed by atoms with van der Waals surface area (Å²) in [6.07, 6.45) is 0. The standard InChI is InChI=1S/C17H20N2O/c1-12-5-3-6-13(2)16(12)11-19-10-14-7-4-8-15(9-14)17(18)20/h3-9,19H,10-11H2,1-2H3,(H2,18,20). The summed E-state index contributed by atoms with van der Waals surface area (Å²) in [6.45, 7) is 5.78. The molecular formula is C17H20N2O. The van der Waals surface area contributed by atoms with E-state index in [2.05, 4.69) is 37.4 Å². The normalized spacial score (nSPS) is 10.5. The predicted molar refractivity (Wildman–Crippen MR) is 81.4 cm³/mol. The number of carbonyl (C=O) groups excluding carboxylic acids is 1. The Labute approximate surface area is 119 Å². The summed E-state index contributed by atoms with van der Waals surface area (Å²) in [5.41, 5.74) is 10.8. The van der Waals surface area contributed by atoms with Crippen LogP contribution in [0.3, 0.4) is 0 Å². The largest absolute Gasteiger partial charge is 0.366 e. The van der Waals surface area contributed by atoms with Crippen molar-refractivity contribution in [2.24, 2.45) is 5.73 Å². The SMILES string of the molecule is Cc1cccc(C)c1CNCc1cccc(C(N)=O)c1. The Morgan fingerprint density at radius 1 is 1.05 bits per heavy atom. The van der Waals surface area contributed by atoms with Gasteiger partial charge in [-0.25, -0.2) is 0 Å². The second kappa shape index (κ2) is 6.35. The third-order valence-corrected chi connectivity index (χ3v) is 3.49. The molecule has 0 saturated carbocycles. The number of benzene rings is 2. The topological polar surface area (TPSA) is 55.1 Å². The Balaban J connectivity index is 1.99. The van der Waals surface area contributed by atoms with Crippen LogP contribution >= 0.6 is 0 Å². The number of nitrogens with one attached hydrogen (secondary N) is 1. The van der Waals surface area contributed by atoms with Gasteiger partial charge in [-0.15, -0.1) is 0 Å². The van der Waals surface area contributed by atoms with E-state index in [-0.39, 0.29) is 5.91 Å². The number of amides is 1. The second-order valence-corrected chi connectivity index (χ2v) is 5.04. The fourth-order valence-corrected chi connectivity index (χ4v) is 2.29. The fraction of sp³-hybridized carbons (Fsp3) is 0.235. The van der Waals surface area contributed by atoms with E-state index >= 15 is 0 Å². The molecule has 0 radical (unpaired) electrons. The average Bonchev–Trinajstić information content (AvgIpc) is 2.42. The van der Waals surface area contributed by atoms with E-state index in [0.29, 0.717) is 5.56 Å². The summed E-state index contributed by atoms with van der Waals surface area (Å²) in [5.74, 6) is -0.387. The molecule has 0 fully saturated rings. The zero-order valence-electron chi connectivity index (χ0n) is 11.9. The van der Waals surface area contributed by atoms with Gasteiger partial charge in [0.1, 0.15) is 0 Å². The van der Waals surface area contributed by atoms with Crippen molar-refractivity contribution >= 4 is 5.91 Å². The molecule has 3 heteroatoms. The highest BCUT2D eigenvalue weighted by Crippen LogP contribution is 2.13. The van der Waals surface area contributed by atoms with Crippen molar-refractivity contribution in [2.45, 2.75) is 26.9 Å². The Morgan fingerprint density at radius 3 is 2.35 bits per heavy atom. The van der Waals surface area contributed by atoms with Crippen LogP contribution in [0.15, 0.2) is 42.5 Å². The van der Waals surface area contributed by atoms with Crippen molar-refractivity contribution in [2.75, 3.05) is 0 Å². The van der Waals surface area contributed by atoms with Crippen LogP contribution in [0.5, 0.6) is 0 Å². The molecule has 0 aromatic heterocycles. The van der Waals surface area contributed by atoms with E-state index in [9.17, 15) is 4.79 Å². The van der Waals surface area contributed by atoms with Crippen LogP contribution in [0, 0.1) is 13.8 Å². The van der Waals surface area contributed by atoms with Gasteiger partial charge in [0.25, 0.3) is 0 Å². The van der Waals surface area contributed by atoms with Crippen LogP contribution < -0.4 is 11.1 Å². The Bertz CT molecular complexity index is 600. The van der Waals surface area contributed by atoms with Gasteiger partial charge in [0.2, 0.25) is 5.91 Å². The quantitative estimate of drug-likeness (QED) is 0.876. The molecule has 3 N–H and O–H groups in total. The molecule has 0 aliphatic carbocycles. The van der Waals surface area contributed by atoms with Crippen molar-refractivity contribution in [1.82, 2.24) is 5.32 Å². The van der Waals surface area contributed by atoms with Crippen LogP contribution in [-0.4, -0.2) is 5.91 Å². The smallest absolute Gasteiger partial charge is 0.248 e. The number of hydrogen-bond donors (Lipinski definition) is 2. The molecule has 2 aromatic rings. The third-order valence-electron chi connectivity index (χ3n) is 3.49. The molecule has 0 atom stereocenters.